The van der Waals surface area contributed by atoms with E-state index in [9.17, 15) is 0 Å². The van der Waals surface area contributed by atoms with Crippen molar-refractivity contribution in [1.82, 2.24) is 5.32 Å². The highest BCUT2D eigenvalue weighted by atomic mass is 32.2. The molecule has 1 aliphatic carbocycles. The van der Waals surface area contributed by atoms with E-state index in [2.05, 4.69) is 37.8 Å². The summed E-state index contributed by atoms with van der Waals surface area (Å²) in [6.07, 6.45) is 9.59. The molecule has 0 bridgehead atoms. The van der Waals surface area contributed by atoms with Crippen molar-refractivity contribution in [2.45, 2.75) is 83.1 Å². The van der Waals surface area contributed by atoms with Gasteiger partial charge in [0.15, 0.2) is 0 Å². The fourth-order valence-corrected chi connectivity index (χ4v) is 3.96. The van der Waals surface area contributed by atoms with Crippen molar-refractivity contribution in [3.8, 4) is 0 Å². The van der Waals surface area contributed by atoms with Crippen LogP contribution < -0.4 is 5.32 Å². The van der Waals surface area contributed by atoms with Crippen LogP contribution in [0.25, 0.3) is 0 Å². The molecule has 2 heteroatoms. The maximum Gasteiger partial charge on any atom is 0.00805 e. The lowest BCUT2D eigenvalue weighted by Gasteiger charge is -2.22. The average molecular weight is 243 g/mol. The summed E-state index contributed by atoms with van der Waals surface area (Å²) in [5, 5.41) is 4.83. The molecule has 2 unspecified atom stereocenters. The second-order valence-corrected chi connectivity index (χ2v) is 6.61. The van der Waals surface area contributed by atoms with E-state index in [1.807, 2.05) is 0 Å². The van der Waals surface area contributed by atoms with Gasteiger partial charge in [-0.2, -0.15) is 11.8 Å². The monoisotopic (exact) mass is 243 g/mol. The van der Waals surface area contributed by atoms with Crippen LogP contribution >= 0.6 is 11.8 Å². The van der Waals surface area contributed by atoms with E-state index in [1.54, 1.807) is 0 Å². The van der Waals surface area contributed by atoms with E-state index < -0.39 is 0 Å². The molecular weight excluding hydrogens is 214 g/mol. The van der Waals surface area contributed by atoms with Crippen LogP contribution in [0.15, 0.2) is 0 Å². The van der Waals surface area contributed by atoms with Crippen LogP contribution in [-0.4, -0.2) is 23.1 Å². The maximum atomic E-state index is 3.89. The van der Waals surface area contributed by atoms with Gasteiger partial charge >= 0.3 is 0 Å². The van der Waals surface area contributed by atoms with Gasteiger partial charge < -0.3 is 5.32 Å². The number of thioether (sulfide) groups is 1. The van der Waals surface area contributed by atoms with Crippen molar-refractivity contribution in [2.75, 3.05) is 5.75 Å². The van der Waals surface area contributed by atoms with E-state index in [0.717, 1.165) is 17.3 Å². The Balaban J connectivity index is 2.24. The molecule has 2 atom stereocenters. The van der Waals surface area contributed by atoms with Crippen molar-refractivity contribution in [3.63, 3.8) is 0 Å². The molecule has 0 aromatic carbocycles. The van der Waals surface area contributed by atoms with Gasteiger partial charge in [-0.05, 0) is 37.9 Å². The van der Waals surface area contributed by atoms with Gasteiger partial charge in [0.2, 0.25) is 0 Å². The van der Waals surface area contributed by atoms with Crippen molar-refractivity contribution < 1.29 is 0 Å². The summed E-state index contributed by atoms with van der Waals surface area (Å²) in [6.45, 7) is 6.88. The van der Waals surface area contributed by atoms with Gasteiger partial charge in [-0.1, -0.05) is 33.6 Å². The van der Waals surface area contributed by atoms with Crippen molar-refractivity contribution in [1.29, 1.82) is 0 Å². The first-order valence-electron chi connectivity index (χ1n) is 7.17. The zero-order valence-electron chi connectivity index (χ0n) is 11.3. The molecule has 0 spiro atoms. The van der Waals surface area contributed by atoms with Gasteiger partial charge in [-0.25, -0.2) is 0 Å². The minimum atomic E-state index is 0.783. The lowest BCUT2D eigenvalue weighted by molar-refractivity contribution is 0.386. The summed E-state index contributed by atoms with van der Waals surface area (Å²) < 4.78 is 0. The number of nitrogens with one attached hydrogen (secondary N) is 1. The van der Waals surface area contributed by atoms with E-state index in [4.69, 9.17) is 0 Å². The second-order valence-electron chi connectivity index (χ2n) is 5.03. The highest BCUT2D eigenvalue weighted by Crippen LogP contribution is 2.30. The predicted molar refractivity (Wildman–Crippen MR) is 76.3 cm³/mol. The molecule has 16 heavy (non-hydrogen) atoms. The topological polar surface area (TPSA) is 12.0 Å². The van der Waals surface area contributed by atoms with Crippen molar-refractivity contribution in [2.24, 2.45) is 0 Å². The third-order valence-corrected chi connectivity index (χ3v) is 4.77. The van der Waals surface area contributed by atoms with Crippen LogP contribution in [0.3, 0.4) is 0 Å². The maximum absolute atomic E-state index is 3.89. The first-order chi connectivity index (χ1) is 7.80. The highest BCUT2D eigenvalue weighted by molar-refractivity contribution is 7.99. The number of hydrogen-bond acceptors (Lipinski definition) is 2. The third-order valence-electron chi connectivity index (χ3n) is 3.53. The van der Waals surface area contributed by atoms with Crippen LogP contribution in [0.5, 0.6) is 0 Å². The lowest BCUT2D eigenvalue weighted by atomic mass is 10.1. The van der Waals surface area contributed by atoms with Crippen molar-refractivity contribution >= 4 is 11.8 Å². The van der Waals surface area contributed by atoms with Crippen LogP contribution in [0, 0.1) is 0 Å². The first kappa shape index (κ1) is 14.4. The summed E-state index contributed by atoms with van der Waals surface area (Å²) in [5.74, 6) is 1.28. The van der Waals surface area contributed by atoms with Crippen LogP contribution in [-0.2, 0) is 0 Å². The molecule has 1 aliphatic rings. The zero-order chi connectivity index (χ0) is 11.8. The second kappa shape index (κ2) is 8.41. The fraction of sp³-hybridized carbons (Fsp3) is 1.00. The van der Waals surface area contributed by atoms with Gasteiger partial charge in [0.1, 0.15) is 0 Å². The molecule has 0 aromatic heterocycles. The summed E-state index contributed by atoms with van der Waals surface area (Å²) in [4.78, 5) is 0. The predicted octanol–water partition coefficient (Wildman–Crippen LogP) is 4.22. The quantitative estimate of drug-likeness (QED) is 0.685. The van der Waals surface area contributed by atoms with Crippen LogP contribution in [0.1, 0.15) is 65.7 Å². The van der Waals surface area contributed by atoms with E-state index >= 15 is 0 Å². The fourth-order valence-electron chi connectivity index (χ4n) is 2.82. The largest absolute Gasteiger partial charge is 0.311 e. The van der Waals surface area contributed by atoms with Gasteiger partial charge in [0.25, 0.3) is 0 Å². The summed E-state index contributed by atoms with van der Waals surface area (Å²) >= 11 is 2.16. The smallest absolute Gasteiger partial charge is 0.00805 e. The van der Waals surface area contributed by atoms with E-state index in [-0.39, 0.29) is 0 Å². The molecule has 1 fully saturated rings. The summed E-state index contributed by atoms with van der Waals surface area (Å²) in [7, 11) is 0. The average Bonchev–Trinajstić information content (AvgIpc) is 2.67. The Kier molecular flexibility index (Phi) is 7.55. The van der Waals surface area contributed by atoms with Gasteiger partial charge in [-0.3, -0.25) is 0 Å². The molecule has 0 heterocycles. The van der Waals surface area contributed by atoms with Gasteiger partial charge in [-0.15, -0.1) is 0 Å². The molecule has 0 radical (unpaired) electrons. The van der Waals surface area contributed by atoms with E-state index in [1.165, 1.54) is 50.7 Å². The van der Waals surface area contributed by atoms with Crippen LogP contribution in [0.4, 0.5) is 0 Å². The van der Waals surface area contributed by atoms with Gasteiger partial charge in [0.05, 0.1) is 0 Å². The SMILES string of the molecule is CCCC(CCC)NC1CCC(SCC)C1. The lowest BCUT2D eigenvalue weighted by Crippen LogP contribution is -2.36. The molecule has 1 N–H and O–H groups in total. The molecule has 0 amide bonds. The van der Waals surface area contributed by atoms with Crippen LogP contribution in [0.2, 0.25) is 0 Å². The Bertz CT molecular complexity index is 166. The molecular formula is C14H29NS. The molecule has 0 aromatic rings. The Morgan fingerprint density at radius 3 is 2.38 bits per heavy atom. The number of hydrogen-bond donors (Lipinski definition) is 1. The third kappa shape index (κ3) is 5.09. The summed E-state index contributed by atoms with van der Waals surface area (Å²) in [5.41, 5.74) is 0. The molecule has 0 saturated heterocycles. The molecule has 96 valence electrons. The normalized spacial score (nSPS) is 25.5. The number of rotatable bonds is 8. The molecule has 1 rings (SSSR count). The Morgan fingerprint density at radius 1 is 1.12 bits per heavy atom. The highest BCUT2D eigenvalue weighted by Gasteiger charge is 2.25. The Morgan fingerprint density at radius 2 is 1.81 bits per heavy atom. The Labute approximate surface area is 106 Å². The standard InChI is InChI=1S/C14H29NS/c1-4-7-12(8-5-2)15-13-9-10-14(11-13)16-6-3/h12-15H,4-11H2,1-3H3. The summed E-state index contributed by atoms with van der Waals surface area (Å²) in [6, 6.07) is 1.59. The van der Waals surface area contributed by atoms with Gasteiger partial charge in [0, 0.05) is 17.3 Å². The zero-order valence-corrected chi connectivity index (χ0v) is 12.1. The molecule has 0 aliphatic heterocycles. The van der Waals surface area contributed by atoms with E-state index in [0.29, 0.717) is 0 Å². The minimum Gasteiger partial charge on any atom is -0.311 e. The Hall–Kier alpha value is 0.310. The first-order valence-corrected chi connectivity index (χ1v) is 8.22. The minimum absolute atomic E-state index is 0.783. The molecule has 1 nitrogen and oxygen atoms in total. The molecule has 1 saturated carbocycles. The van der Waals surface area contributed by atoms with Crippen molar-refractivity contribution in [3.05, 3.63) is 0 Å².